The largest absolute Gasteiger partial charge is 0.467 e. The topological polar surface area (TPSA) is 83.3 Å². The van der Waals surface area contributed by atoms with Crippen molar-refractivity contribution < 1.29 is 9.53 Å². The van der Waals surface area contributed by atoms with Gasteiger partial charge in [0.05, 0.1) is 19.4 Å². The molecule has 3 heterocycles. The van der Waals surface area contributed by atoms with Crippen molar-refractivity contribution in [1.82, 2.24) is 19.8 Å². The van der Waals surface area contributed by atoms with Crippen LogP contribution in [-0.4, -0.2) is 83.6 Å². The van der Waals surface area contributed by atoms with E-state index in [0.717, 1.165) is 34.5 Å². The smallest absolute Gasteiger partial charge is 0.316 e. The average Bonchev–Trinajstić information content (AvgIpc) is 2.90. The Morgan fingerprint density at radius 3 is 2.64 bits per heavy atom. The Kier molecular flexibility index (Phi) is 7.55. The van der Waals surface area contributed by atoms with Crippen LogP contribution in [0.2, 0.25) is 0 Å². The van der Waals surface area contributed by atoms with Crippen molar-refractivity contribution in [2.45, 2.75) is 19.4 Å². The molecule has 2 aliphatic rings. The first-order chi connectivity index (χ1) is 17.3. The number of ether oxygens (including phenoxy) is 1. The number of hydrogen-bond acceptors (Lipinski definition) is 7. The summed E-state index contributed by atoms with van der Waals surface area (Å²) in [6.45, 7) is 10.9. The van der Waals surface area contributed by atoms with E-state index < -0.39 is 0 Å². The maximum Gasteiger partial charge on any atom is 0.316 e. The number of aromatic nitrogens is 2. The van der Waals surface area contributed by atoms with Gasteiger partial charge in [-0.1, -0.05) is 30.9 Å². The number of benzene rings is 1. The number of carbonyl (C=O) groups is 1. The van der Waals surface area contributed by atoms with E-state index in [1.165, 1.54) is 7.11 Å². The molecule has 36 heavy (non-hydrogen) atoms. The monoisotopic (exact) mass is 484 g/mol. The van der Waals surface area contributed by atoms with Crippen LogP contribution < -0.4 is 4.74 Å². The second kappa shape index (κ2) is 10.8. The number of rotatable bonds is 6. The van der Waals surface area contributed by atoms with Crippen LogP contribution in [0.15, 0.2) is 77.0 Å². The van der Waals surface area contributed by atoms with Gasteiger partial charge >= 0.3 is 6.01 Å². The summed E-state index contributed by atoms with van der Waals surface area (Å²) in [5, 5.41) is 0. The van der Waals surface area contributed by atoms with Crippen LogP contribution in [0.25, 0.3) is 5.57 Å². The molecule has 0 aliphatic carbocycles. The Morgan fingerprint density at radius 2 is 1.94 bits per heavy atom. The van der Waals surface area contributed by atoms with Gasteiger partial charge in [-0.05, 0) is 44.7 Å². The van der Waals surface area contributed by atoms with E-state index >= 15 is 0 Å². The molecule has 2 aromatic rings. The first kappa shape index (κ1) is 25.2. The number of likely N-dealkylation sites (N-methyl/N-ethyl adjacent to an activating group) is 1. The molecule has 0 unspecified atom stereocenters. The fourth-order valence-electron chi connectivity index (χ4n) is 4.28. The van der Waals surface area contributed by atoms with E-state index in [9.17, 15) is 4.79 Å². The fourth-order valence-corrected chi connectivity index (χ4v) is 4.28. The molecule has 4 rings (SSSR count). The summed E-state index contributed by atoms with van der Waals surface area (Å²) in [4.78, 5) is 35.0. The van der Waals surface area contributed by atoms with E-state index in [2.05, 4.69) is 52.3 Å². The maximum absolute atomic E-state index is 13.4. The first-order valence-electron chi connectivity index (χ1n) is 11.9. The SMILES string of the molecule is C=CC=C(C=C1CN=CN=C1c1cccc(C(=O)N2CCN(C)C(C)(C)C2)c1)c1cnc(OC)nc1. The van der Waals surface area contributed by atoms with Gasteiger partial charge in [0, 0.05) is 59.8 Å². The summed E-state index contributed by atoms with van der Waals surface area (Å²) in [7, 11) is 3.63. The fraction of sp³-hybridized carbons (Fsp3) is 0.321. The van der Waals surface area contributed by atoms with Crippen LogP contribution in [0.1, 0.15) is 35.3 Å². The number of nitrogens with zero attached hydrogens (tertiary/aromatic N) is 6. The van der Waals surface area contributed by atoms with E-state index in [-0.39, 0.29) is 11.4 Å². The quantitative estimate of drug-likeness (QED) is 0.584. The molecule has 0 spiro atoms. The van der Waals surface area contributed by atoms with Crippen LogP contribution in [0, 0.1) is 0 Å². The second-order valence-electron chi connectivity index (χ2n) is 9.46. The van der Waals surface area contributed by atoms with Crippen LogP contribution >= 0.6 is 0 Å². The molecule has 1 saturated heterocycles. The van der Waals surface area contributed by atoms with Crippen molar-refractivity contribution in [3.8, 4) is 6.01 Å². The zero-order chi connectivity index (χ0) is 25.7. The zero-order valence-corrected chi connectivity index (χ0v) is 21.3. The van der Waals surface area contributed by atoms with Crippen LogP contribution in [0.5, 0.6) is 6.01 Å². The number of piperazine rings is 1. The highest BCUT2D eigenvalue weighted by molar-refractivity contribution is 6.18. The van der Waals surface area contributed by atoms with E-state index in [1.807, 2.05) is 41.3 Å². The number of aliphatic imine (C=N–C) groups is 2. The maximum atomic E-state index is 13.4. The van der Waals surface area contributed by atoms with Crippen molar-refractivity contribution in [2.24, 2.45) is 9.98 Å². The highest BCUT2D eigenvalue weighted by Crippen LogP contribution is 2.24. The molecule has 0 bridgehead atoms. The Morgan fingerprint density at radius 1 is 1.17 bits per heavy atom. The Balaban J connectivity index is 1.63. The minimum absolute atomic E-state index is 0.0382. The Bertz CT molecular complexity index is 1260. The van der Waals surface area contributed by atoms with Gasteiger partial charge < -0.3 is 9.64 Å². The molecule has 1 aromatic heterocycles. The van der Waals surface area contributed by atoms with Crippen LogP contribution in [-0.2, 0) is 0 Å². The lowest BCUT2D eigenvalue weighted by Crippen LogP contribution is -2.58. The number of amides is 1. The van der Waals surface area contributed by atoms with Gasteiger partial charge in [0.25, 0.3) is 5.91 Å². The molecule has 0 radical (unpaired) electrons. The van der Waals surface area contributed by atoms with E-state index in [1.54, 1.807) is 24.8 Å². The molecule has 8 nitrogen and oxygen atoms in total. The minimum Gasteiger partial charge on any atom is -0.467 e. The lowest BCUT2D eigenvalue weighted by atomic mass is 9.95. The average molecular weight is 485 g/mol. The summed E-state index contributed by atoms with van der Waals surface area (Å²) < 4.78 is 5.08. The van der Waals surface area contributed by atoms with E-state index in [4.69, 9.17) is 4.74 Å². The molecule has 1 amide bonds. The number of methoxy groups -OCH3 is 1. The summed E-state index contributed by atoms with van der Waals surface area (Å²) >= 11 is 0. The Labute approximate surface area is 212 Å². The molecule has 8 heteroatoms. The summed E-state index contributed by atoms with van der Waals surface area (Å²) in [6, 6.07) is 7.99. The Hall–Kier alpha value is -3.91. The van der Waals surface area contributed by atoms with Crippen LogP contribution in [0.3, 0.4) is 0 Å². The highest BCUT2D eigenvalue weighted by Gasteiger charge is 2.33. The van der Waals surface area contributed by atoms with Crippen LogP contribution in [0.4, 0.5) is 0 Å². The number of allylic oxidation sites excluding steroid dienone is 4. The van der Waals surface area contributed by atoms with Crippen molar-refractivity contribution in [3.05, 3.63) is 83.7 Å². The predicted octanol–water partition coefficient (Wildman–Crippen LogP) is 3.68. The predicted molar refractivity (Wildman–Crippen MR) is 144 cm³/mol. The molecule has 1 fully saturated rings. The van der Waals surface area contributed by atoms with Gasteiger partial charge in [-0.2, -0.15) is 0 Å². The number of hydrogen-bond donors (Lipinski definition) is 0. The third kappa shape index (κ3) is 5.49. The van der Waals surface area contributed by atoms with Gasteiger partial charge in [0.15, 0.2) is 0 Å². The van der Waals surface area contributed by atoms with Gasteiger partial charge in [0.1, 0.15) is 6.34 Å². The molecule has 1 aromatic carbocycles. The standard InChI is InChI=1S/C28H32N6O2/c1-6-8-20(24-16-30-27(36-5)31-17-24)13-23-15-29-19-32-25(23)21-9-7-10-22(14-21)26(35)34-12-11-33(4)28(2,3)18-34/h6-10,13-14,16-17,19H,1,11-12,15,18H2,2-5H3. The summed E-state index contributed by atoms with van der Waals surface area (Å²) in [5.41, 5.74) is 4.86. The van der Waals surface area contributed by atoms with Gasteiger partial charge in [-0.3, -0.25) is 14.7 Å². The van der Waals surface area contributed by atoms with E-state index in [0.29, 0.717) is 31.2 Å². The molecule has 2 aliphatic heterocycles. The van der Waals surface area contributed by atoms with Crippen molar-refractivity contribution in [1.29, 1.82) is 0 Å². The molecule has 186 valence electrons. The highest BCUT2D eigenvalue weighted by atomic mass is 16.5. The molecule has 0 atom stereocenters. The molecule has 0 saturated carbocycles. The minimum atomic E-state index is -0.0651. The van der Waals surface area contributed by atoms with Gasteiger partial charge in [0.2, 0.25) is 0 Å². The third-order valence-electron chi connectivity index (χ3n) is 6.59. The summed E-state index contributed by atoms with van der Waals surface area (Å²) in [6.07, 6.45) is 10.6. The normalized spacial score (nSPS) is 19.2. The van der Waals surface area contributed by atoms with Gasteiger partial charge in [-0.25, -0.2) is 15.0 Å². The van der Waals surface area contributed by atoms with Crippen molar-refractivity contribution in [2.75, 3.05) is 40.3 Å². The first-order valence-corrected chi connectivity index (χ1v) is 11.9. The zero-order valence-electron chi connectivity index (χ0n) is 21.3. The van der Waals surface area contributed by atoms with Gasteiger partial charge in [-0.15, -0.1) is 0 Å². The molecular formula is C28H32N6O2. The number of carbonyl (C=O) groups excluding carboxylic acids is 1. The third-order valence-corrected chi connectivity index (χ3v) is 6.59. The lowest BCUT2D eigenvalue weighted by molar-refractivity contribution is 0.0311. The van der Waals surface area contributed by atoms with Crippen molar-refractivity contribution >= 4 is 23.5 Å². The lowest BCUT2D eigenvalue weighted by Gasteiger charge is -2.45. The molecule has 0 N–H and O–H groups in total. The molecular weight excluding hydrogens is 452 g/mol. The van der Waals surface area contributed by atoms with Crippen molar-refractivity contribution in [3.63, 3.8) is 0 Å². The second-order valence-corrected chi connectivity index (χ2v) is 9.46. The summed E-state index contributed by atoms with van der Waals surface area (Å²) in [5.74, 6) is 0.0382.